The van der Waals surface area contributed by atoms with Gasteiger partial charge in [0.1, 0.15) is 0 Å². The lowest BCUT2D eigenvalue weighted by Crippen LogP contribution is -2.33. The summed E-state index contributed by atoms with van der Waals surface area (Å²) in [6.07, 6.45) is 10.9. The highest BCUT2D eigenvalue weighted by atomic mass is 16.5. The highest BCUT2D eigenvalue weighted by molar-refractivity contribution is 5.79. The quantitative estimate of drug-likeness (QED) is 0.297. The average Bonchev–Trinajstić information content (AvgIpc) is 3.12. The topological polar surface area (TPSA) is 66.8 Å². The van der Waals surface area contributed by atoms with Crippen LogP contribution in [0.15, 0.2) is 42.5 Å². The van der Waals surface area contributed by atoms with Crippen molar-refractivity contribution >= 4 is 11.9 Å². The summed E-state index contributed by atoms with van der Waals surface area (Å²) in [6.45, 7) is 2.82. The number of carbonyl (C=O) groups is 2. The summed E-state index contributed by atoms with van der Waals surface area (Å²) < 4.78 is 4.65. The van der Waals surface area contributed by atoms with Gasteiger partial charge >= 0.3 is 5.97 Å². The van der Waals surface area contributed by atoms with Crippen LogP contribution in [0.4, 0.5) is 0 Å². The third-order valence-corrected chi connectivity index (χ3v) is 5.98. The SMILES string of the molecule is COC(=O)CCCCCCN1C(=O)CCC1C=C[C@@H](O)[C@@H](C)CCc1ccccc1. The Morgan fingerprint density at radius 2 is 1.97 bits per heavy atom. The molecule has 1 aliphatic heterocycles. The van der Waals surface area contributed by atoms with Crippen LogP contribution >= 0.6 is 0 Å². The lowest BCUT2D eigenvalue weighted by Gasteiger charge is -2.23. The van der Waals surface area contributed by atoms with Gasteiger partial charge in [0.05, 0.1) is 19.3 Å². The first-order valence-corrected chi connectivity index (χ1v) is 11.3. The van der Waals surface area contributed by atoms with E-state index in [1.807, 2.05) is 35.3 Å². The van der Waals surface area contributed by atoms with Crippen LogP contribution in [0.5, 0.6) is 0 Å². The summed E-state index contributed by atoms with van der Waals surface area (Å²) in [5.74, 6) is 0.208. The molecule has 1 N–H and O–H groups in total. The Bertz CT molecular complexity index is 673. The standard InChI is InChI=1S/C25H37NO4/c1-20(13-14-21-10-6-5-7-11-21)23(27)17-15-22-16-18-24(28)26(22)19-9-4-3-8-12-25(29)30-2/h5-7,10-11,15,17,20,22-23,27H,3-4,8-9,12-14,16,18-19H2,1-2H3/t20-,22?,23+/m0/s1. The molecule has 1 aromatic carbocycles. The summed E-state index contributed by atoms with van der Waals surface area (Å²) in [6, 6.07) is 10.4. The molecule has 166 valence electrons. The highest BCUT2D eigenvalue weighted by Gasteiger charge is 2.28. The van der Waals surface area contributed by atoms with E-state index in [0.29, 0.717) is 12.8 Å². The van der Waals surface area contributed by atoms with Gasteiger partial charge in [-0.3, -0.25) is 9.59 Å². The number of hydrogen-bond donors (Lipinski definition) is 1. The molecule has 1 fully saturated rings. The third kappa shape index (κ3) is 8.31. The molecule has 0 aromatic heterocycles. The maximum Gasteiger partial charge on any atom is 0.305 e. The molecule has 3 atom stereocenters. The van der Waals surface area contributed by atoms with Crippen LogP contribution in [0.2, 0.25) is 0 Å². The first kappa shape index (κ1) is 24.1. The number of amides is 1. The van der Waals surface area contributed by atoms with E-state index in [4.69, 9.17) is 0 Å². The number of nitrogens with zero attached hydrogens (tertiary/aromatic N) is 1. The summed E-state index contributed by atoms with van der Waals surface area (Å²) in [5, 5.41) is 10.5. The van der Waals surface area contributed by atoms with Crippen LogP contribution < -0.4 is 0 Å². The number of benzene rings is 1. The van der Waals surface area contributed by atoms with Crippen LogP contribution in [0, 0.1) is 5.92 Å². The third-order valence-electron chi connectivity index (χ3n) is 5.98. The zero-order chi connectivity index (χ0) is 21.8. The fourth-order valence-electron chi connectivity index (χ4n) is 3.90. The van der Waals surface area contributed by atoms with Gasteiger partial charge in [0.2, 0.25) is 5.91 Å². The van der Waals surface area contributed by atoms with E-state index in [1.165, 1.54) is 12.7 Å². The van der Waals surface area contributed by atoms with Crippen molar-refractivity contribution in [3.63, 3.8) is 0 Å². The van der Waals surface area contributed by atoms with Crippen LogP contribution in [0.1, 0.15) is 63.9 Å². The van der Waals surface area contributed by atoms with Crippen LogP contribution in [-0.4, -0.2) is 47.7 Å². The molecular weight excluding hydrogens is 378 g/mol. The van der Waals surface area contributed by atoms with Gasteiger partial charge in [0.25, 0.3) is 0 Å². The van der Waals surface area contributed by atoms with Crippen LogP contribution in [0.25, 0.3) is 0 Å². The number of hydrogen-bond acceptors (Lipinski definition) is 4. The van der Waals surface area contributed by atoms with Crippen molar-refractivity contribution in [3.8, 4) is 0 Å². The fraction of sp³-hybridized carbons (Fsp3) is 0.600. The Kier molecular flexibility index (Phi) is 10.6. The van der Waals surface area contributed by atoms with Crippen molar-refractivity contribution in [3.05, 3.63) is 48.0 Å². The van der Waals surface area contributed by atoms with E-state index in [-0.39, 0.29) is 23.8 Å². The normalized spacial score (nSPS) is 18.7. The molecule has 1 unspecified atom stereocenters. The molecule has 5 heteroatoms. The molecular formula is C25H37NO4. The molecule has 30 heavy (non-hydrogen) atoms. The Hall–Kier alpha value is -2.14. The lowest BCUT2D eigenvalue weighted by molar-refractivity contribution is -0.140. The Balaban J connectivity index is 1.71. The molecule has 0 radical (unpaired) electrons. The maximum atomic E-state index is 12.2. The minimum atomic E-state index is -0.496. The predicted molar refractivity (Wildman–Crippen MR) is 119 cm³/mol. The molecule has 5 nitrogen and oxygen atoms in total. The van der Waals surface area contributed by atoms with Crippen molar-refractivity contribution in [1.29, 1.82) is 0 Å². The number of rotatable bonds is 13. The number of carbonyl (C=O) groups excluding carboxylic acids is 2. The fourth-order valence-corrected chi connectivity index (χ4v) is 3.90. The molecule has 0 aliphatic carbocycles. The number of unbranched alkanes of at least 4 members (excludes halogenated alkanes) is 3. The average molecular weight is 416 g/mol. The van der Waals surface area contributed by atoms with Crippen molar-refractivity contribution in [2.24, 2.45) is 5.92 Å². The number of ether oxygens (including phenoxy) is 1. The number of aliphatic hydroxyl groups is 1. The number of aliphatic hydroxyl groups excluding tert-OH is 1. The van der Waals surface area contributed by atoms with Gasteiger partial charge in [-0.2, -0.15) is 0 Å². The van der Waals surface area contributed by atoms with E-state index in [9.17, 15) is 14.7 Å². The molecule has 1 saturated heterocycles. The van der Waals surface area contributed by atoms with Gasteiger partial charge in [0.15, 0.2) is 0 Å². The molecule has 1 aromatic rings. The van der Waals surface area contributed by atoms with Crippen molar-refractivity contribution in [1.82, 2.24) is 4.90 Å². The zero-order valence-corrected chi connectivity index (χ0v) is 18.5. The van der Waals surface area contributed by atoms with E-state index < -0.39 is 6.10 Å². The Labute approximate surface area is 181 Å². The molecule has 2 rings (SSSR count). The summed E-state index contributed by atoms with van der Waals surface area (Å²) in [5.41, 5.74) is 1.29. The lowest BCUT2D eigenvalue weighted by atomic mass is 9.95. The van der Waals surface area contributed by atoms with Gasteiger partial charge in [-0.25, -0.2) is 0 Å². The highest BCUT2D eigenvalue weighted by Crippen LogP contribution is 2.22. The second kappa shape index (κ2) is 13.2. The Morgan fingerprint density at radius 1 is 1.23 bits per heavy atom. The number of esters is 1. The van der Waals surface area contributed by atoms with Gasteiger partial charge in [0, 0.05) is 19.4 Å². The minimum absolute atomic E-state index is 0.0866. The molecule has 1 aliphatic rings. The van der Waals surface area contributed by atoms with E-state index in [2.05, 4.69) is 23.8 Å². The number of likely N-dealkylation sites (tertiary alicyclic amines) is 1. The molecule has 1 heterocycles. The molecule has 0 bridgehead atoms. The van der Waals surface area contributed by atoms with E-state index in [0.717, 1.165) is 51.5 Å². The monoisotopic (exact) mass is 415 g/mol. The molecule has 0 saturated carbocycles. The second-order valence-corrected chi connectivity index (χ2v) is 8.31. The van der Waals surface area contributed by atoms with Gasteiger partial charge in [-0.05, 0) is 43.6 Å². The summed E-state index contributed by atoms with van der Waals surface area (Å²) in [7, 11) is 1.41. The summed E-state index contributed by atoms with van der Waals surface area (Å²) >= 11 is 0. The van der Waals surface area contributed by atoms with Gasteiger partial charge in [-0.1, -0.05) is 62.2 Å². The zero-order valence-electron chi connectivity index (χ0n) is 18.5. The first-order chi connectivity index (χ1) is 14.5. The van der Waals surface area contributed by atoms with Crippen LogP contribution in [0.3, 0.4) is 0 Å². The Morgan fingerprint density at radius 3 is 2.70 bits per heavy atom. The van der Waals surface area contributed by atoms with E-state index >= 15 is 0 Å². The molecule has 1 amide bonds. The number of methoxy groups -OCH3 is 1. The summed E-state index contributed by atoms with van der Waals surface area (Å²) in [4.78, 5) is 25.3. The first-order valence-electron chi connectivity index (χ1n) is 11.3. The number of aryl methyl sites for hydroxylation is 1. The second-order valence-electron chi connectivity index (χ2n) is 8.31. The van der Waals surface area contributed by atoms with Crippen molar-refractivity contribution < 1.29 is 19.4 Å². The van der Waals surface area contributed by atoms with Crippen molar-refractivity contribution in [2.75, 3.05) is 13.7 Å². The van der Waals surface area contributed by atoms with Crippen LogP contribution in [-0.2, 0) is 20.7 Å². The molecule has 0 spiro atoms. The van der Waals surface area contributed by atoms with Gasteiger partial charge < -0.3 is 14.7 Å². The van der Waals surface area contributed by atoms with Gasteiger partial charge in [-0.15, -0.1) is 0 Å². The van der Waals surface area contributed by atoms with E-state index in [1.54, 1.807) is 0 Å². The predicted octanol–water partition coefficient (Wildman–Crippen LogP) is 4.29. The minimum Gasteiger partial charge on any atom is -0.469 e. The van der Waals surface area contributed by atoms with Crippen molar-refractivity contribution in [2.45, 2.75) is 76.9 Å². The maximum absolute atomic E-state index is 12.2. The largest absolute Gasteiger partial charge is 0.469 e. The smallest absolute Gasteiger partial charge is 0.305 e.